The number of methoxy groups -OCH3 is 1. The van der Waals surface area contributed by atoms with E-state index in [-0.39, 0.29) is 10.7 Å². The van der Waals surface area contributed by atoms with E-state index in [4.69, 9.17) is 16.3 Å². The van der Waals surface area contributed by atoms with Gasteiger partial charge in [-0.3, -0.25) is 10.1 Å². The number of carbonyl (C=O) groups is 1. The summed E-state index contributed by atoms with van der Waals surface area (Å²) in [6.45, 7) is 0. The van der Waals surface area contributed by atoms with Crippen LogP contribution in [0.5, 0.6) is 0 Å². The van der Waals surface area contributed by atoms with Crippen LogP contribution >= 0.6 is 11.6 Å². The number of esters is 1. The third-order valence-corrected chi connectivity index (χ3v) is 3.00. The second-order valence-electron chi connectivity index (χ2n) is 3.74. The molecule has 2 atom stereocenters. The van der Waals surface area contributed by atoms with E-state index in [2.05, 4.69) is 9.73 Å². The first-order valence-corrected chi connectivity index (χ1v) is 5.61. The second kappa shape index (κ2) is 5.23. The number of hydrogen-bond donors (Lipinski definition) is 0. The Morgan fingerprint density at radius 2 is 2.32 bits per heavy atom. The number of carbonyl (C=O) groups excluding carboxylic acids is 1. The van der Waals surface area contributed by atoms with E-state index in [9.17, 15) is 14.9 Å². The molecular formula is C11H9ClN2O5. The van der Waals surface area contributed by atoms with E-state index >= 15 is 0 Å². The van der Waals surface area contributed by atoms with E-state index in [0.717, 1.165) is 6.40 Å². The van der Waals surface area contributed by atoms with Crippen molar-refractivity contribution in [3.05, 3.63) is 38.9 Å². The molecule has 8 heteroatoms. The minimum absolute atomic E-state index is 0.140. The predicted octanol–water partition coefficient (Wildman–Crippen LogP) is 1.89. The first-order chi connectivity index (χ1) is 9.04. The Kier molecular flexibility index (Phi) is 3.66. The van der Waals surface area contributed by atoms with Gasteiger partial charge in [0, 0.05) is 22.7 Å². The molecule has 7 nitrogen and oxygen atoms in total. The maximum Gasteiger partial charge on any atom is 0.334 e. The number of nitro groups is 1. The Labute approximate surface area is 112 Å². The average Bonchev–Trinajstić information content (AvgIpc) is 2.87. The van der Waals surface area contributed by atoms with Crippen molar-refractivity contribution in [2.24, 2.45) is 4.99 Å². The highest BCUT2D eigenvalue weighted by Gasteiger charge is 2.36. The maximum atomic E-state index is 11.5. The summed E-state index contributed by atoms with van der Waals surface area (Å²) >= 11 is 5.98. The molecule has 19 heavy (non-hydrogen) atoms. The number of non-ortho nitro benzene ring substituents is 1. The molecule has 0 amide bonds. The Hall–Kier alpha value is -2.15. The van der Waals surface area contributed by atoms with E-state index in [0.29, 0.717) is 5.56 Å². The number of nitrogens with zero attached hydrogens (tertiary/aromatic N) is 2. The molecule has 0 N–H and O–H groups in total. The zero-order chi connectivity index (χ0) is 14.0. The summed E-state index contributed by atoms with van der Waals surface area (Å²) in [7, 11) is 1.22. The molecule has 1 heterocycles. The summed E-state index contributed by atoms with van der Waals surface area (Å²) in [5.41, 5.74) is 0.183. The second-order valence-corrected chi connectivity index (χ2v) is 4.15. The van der Waals surface area contributed by atoms with Gasteiger partial charge in [-0.05, 0) is 6.07 Å². The van der Waals surface area contributed by atoms with Gasteiger partial charge in [-0.2, -0.15) is 0 Å². The van der Waals surface area contributed by atoms with Crippen LogP contribution in [0.2, 0.25) is 5.02 Å². The summed E-state index contributed by atoms with van der Waals surface area (Å²) in [6, 6.07) is 3.00. The first-order valence-electron chi connectivity index (χ1n) is 5.23. The third-order valence-electron chi connectivity index (χ3n) is 2.66. The van der Waals surface area contributed by atoms with E-state index in [1.165, 1.54) is 25.3 Å². The van der Waals surface area contributed by atoms with Gasteiger partial charge in [0.05, 0.1) is 12.0 Å². The zero-order valence-electron chi connectivity index (χ0n) is 9.78. The van der Waals surface area contributed by atoms with Crippen molar-refractivity contribution in [3.63, 3.8) is 0 Å². The smallest absolute Gasteiger partial charge is 0.334 e. The largest absolute Gasteiger partial charge is 0.473 e. The minimum Gasteiger partial charge on any atom is -0.473 e. The summed E-state index contributed by atoms with van der Waals surface area (Å²) in [5.74, 6) is -0.596. The number of benzene rings is 1. The lowest BCUT2D eigenvalue weighted by Gasteiger charge is -2.16. The number of rotatable bonds is 3. The summed E-state index contributed by atoms with van der Waals surface area (Å²) in [4.78, 5) is 25.6. The fourth-order valence-electron chi connectivity index (χ4n) is 1.73. The highest BCUT2D eigenvalue weighted by molar-refractivity contribution is 6.31. The molecule has 0 aliphatic carbocycles. The fraction of sp³-hybridized carbons (Fsp3) is 0.273. The molecule has 1 aromatic rings. The Morgan fingerprint density at radius 3 is 2.95 bits per heavy atom. The van der Waals surface area contributed by atoms with Crippen molar-refractivity contribution >= 4 is 29.7 Å². The van der Waals surface area contributed by atoms with Gasteiger partial charge >= 0.3 is 5.97 Å². The van der Waals surface area contributed by atoms with Crippen molar-refractivity contribution < 1.29 is 19.2 Å². The normalized spacial score (nSPS) is 20.9. The summed E-state index contributed by atoms with van der Waals surface area (Å²) < 4.78 is 9.78. The Bertz CT molecular complexity index is 560. The Morgan fingerprint density at radius 1 is 1.58 bits per heavy atom. The average molecular weight is 285 g/mol. The number of ether oxygens (including phenoxy) is 2. The lowest BCUT2D eigenvalue weighted by atomic mass is 10.0. The van der Waals surface area contributed by atoms with Crippen LogP contribution < -0.4 is 0 Å². The van der Waals surface area contributed by atoms with Crippen molar-refractivity contribution in [2.75, 3.05) is 7.11 Å². The molecule has 0 saturated carbocycles. The number of nitro benzene ring substituents is 1. The van der Waals surface area contributed by atoms with Crippen LogP contribution in [0.15, 0.2) is 23.2 Å². The van der Waals surface area contributed by atoms with Gasteiger partial charge in [-0.1, -0.05) is 11.6 Å². The number of halogens is 1. The van der Waals surface area contributed by atoms with Gasteiger partial charge in [0.25, 0.3) is 5.69 Å². The molecule has 100 valence electrons. The van der Waals surface area contributed by atoms with Gasteiger partial charge < -0.3 is 9.47 Å². The lowest BCUT2D eigenvalue weighted by Crippen LogP contribution is -2.25. The van der Waals surface area contributed by atoms with E-state index in [1.807, 2.05) is 0 Å². The molecule has 0 radical (unpaired) electrons. The van der Waals surface area contributed by atoms with Crippen LogP contribution in [0, 0.1) is 10.1 Å². The van der Waals surface area contributed by atoms with E-state index in [1.54, 1.807) is 0 Å². The molecule has 1 aromatic carbocycles. The number of aliphatic imine (C=N–C) groups is 1. The lowest BCUT2D eigenvalue weighted by molar-refractivity contribution is -0.385. The van der Waals surface area contributed by atoms with Crippen LogP contribution in [0.1, 0.15) is 11.7 Å². The molecule has 0 aromatic heterocycles. The summed E-state index contributed by atoms with van der Waals surface area (Å²) in [5, 5.41) is 11.0. The quantitative estimate of drug-likeness (QED) is 0.480. The monoisotopic (exact) mass is 284 g/mol. The molecule has 0 spiro atoms. The predicted molar refractivity (Wildman–Crippen MR) is 66.2 cm³/mol. The Balaban J connectivity index is 2.38. The van der Waals surface area contributed by atoms with Crippen LogP contribution in [0.4, 0.5) is 5.69 Å². The topological polar surface area (TPSA) is 91.0 Å². The molecule has 0 bridgehead atoms. The van der Waals surface area contributed by atoms with Gasteiger partial charge in [-0.25, -0.2) is 9.79 Å². The van der Waals surface area contributed by atoms with E-state index < -0.39 is 23.0 Å². The molecule has 1 aliphatic heterocycles. The molecule has 0 fully saturated rings. The minimum atomic E-state index is -0.912. The van der Waals surface area contributed by atoms with Crippen LogP contribution in [0.25, 0.3) is 0 Å². The standard InChI is InChI=1S/C11H9ClN2O5/c1-18-11(15)9-10(19-5-13-9)7-4-6(14(16)17)2-3-8(7)12/h2-5,9-10H,1H3/t9-,10+/m1/s1. The summed E-state index contributed by atoms with van der Waals surface area (Å²) in [6.07, 6.45) is 0.293. The van der Waals surface area contributed by atoms with Crippen molar-refractivity contribution in [2.45, 2.75) is 12.1 Å². The maximum absolute atomic E-state index is 11.5. The third kappa shape index (κ3) is 2.50. The highest BCUT2D eigenvalue weighted by Crippen LogP contribution is 2.34. The van der Waals surface area contributed by atoms with Gasteiger partial charge in [0.2, 0.25) is 0 Å². The van der Waals surface area contributed by atoms with Crippen LogP contribution in [-0.2, 0) is 14.3 Å². The first kappa shape index (κ1) is 13.3. The van der Waals surface area contributed by atoms with Gasteiger partial charge in [-0.15, -0.1) is 0 Å². The molecule has 1 aliphatic rings. The van der Waals surface area contributed by atoms with Crippen molar-refractivity contribution in [1.29, 1.82) is 0 Å². The fourth-order valence-corrected chi connectivity index (χ4v) is 1.96. The highest BCUT2D eigenvalue weighted by atomic mass is 35.5. The zero-order valence-corrected chi connectivity index (χ0v) is 10.5. The molecule has 0 unspecified atom stereocenters. The van der Waals surface area contributed by atoms with Crippen molar-refractivity contribution in [3.8, 4) is 0 Å². The van der Waals surface area contributed by atoms with Crippen molar-refractivity contribution in [1.82, 2.24) is 0 Å². The number of hydrogen-bond acceptors (Lipinski definition) is 6. The van der Waals surface area contributed by atoms with Gasteiger partial charge in [0.15, 0.2) is 18.5 Å². The SMILES string of the molecule is COC(=O)[C@@H]1N=CO[C@H]1c1cc([N+](=O)[O-])ccc1Cl. The van der Waals surface area contributed by atoms with Crippen LogP contribution in [0.3, 0.4) is 0 Å². The van der Waals surface area contributed by atoms with Gasteiger partial charge in [0.1, 0.15) is 0 Å². The van der Waals surface area contributed by atoms with Crippen LogP contribution in [-0.4, -0.2) is 30.4 Å². The molecule has 0 saturated heterocycles. The molecule has 2 rings (SSSR count). The molecular weight excluding hydrogens is 276 g/mol.